The van der Waals surface area contributed by atoms with Gasteiger partial charge in [-0.2, -0.15) is 0 Å². The maximum atomic E-state index is 13.2. The standard InChI is InChI=1S/C12H13BrFN3O/c1-15-6-2-3-11-16-17-12(18-11)9-7-8(14)4-5-10(9)13/h4-5,7,15H,2-3,6H2,1H3. The maximum Gasteiger partial charge on any atom is 0.248 e. The van der Waals surface area contributed by atoms with E-state index in [0.717, 1.165) is 17.4 Å². The summed E-state index contributed by atoms with van der Waals surface area (Å²) in [6.45, 7) is 0.890. The van der Waals surface area contributed by atoms with Crippen molar-refractivity contribution in [3.63, 3.8) is 0 Å². The van der Waals surface area contributed by atoms with Crippen LogP contribution >= 0.6 is 15.9 Å². The third-order valence-corrected chi connectivity index (χ3v) is 3.13. The fourth-order valence-corrected chi connectivity index (χ4v) is 1.96. The first-order chi connectivity index (χ1) is 8.70. The Kier molecular flexibility index (Phi) is 4.43. The second kappa shape index (κ2) is 6.06. The van der Waals surface area contributed by atoms with Crippen molar-refractivity contribution in [1.82, 2.24) is 15.5 Å². The molecular formula is C12H13BrFN3O. The lowest BCUT2D eigenvalue weighted by Crippen LogP contribution is -2.08. The van der Waals surface area contributed by atoms with Gasteiger partial charge in [0.25, 0.3) is 0 Å². The summed E-state index contributed by atoms with van der Waals surface area (Å²) in [7, 11) is 1.89. The van der Waals surface area contributed by atoms with Gasteiger partial charge in [-0.15, -0.1) is 10.2 Å². The van der Waals surface area contributed by atoms with Gasteiger partial charge in [0.15, 0.2) is 0 Å². The molecule has 2 aromatic rings. The molecule has 0 saturated carbocycles. The topological polar surface area (TPSA) is 51.0 Å². The van der Waals surface area contributed by atoms with Crippen molar-refractivity contribution in [3.8, 4) is 11.5 Å². The van der Waals surface area contributed by atoms with Crippen molar-refractivity contribution in [2.75, 3.05) is 13.6 Å². The lowest BCUT2D eigenvalue weighted by atomic mass is 10.2. The van der Waals surface area contributed by atoms with Crippen LogP contribution in [0.2, 0.25) is 0 Å². The van der Waals surface area contributed by atoms with Gasteiger partial charge in [-0.25, -0.2) is 4.39 Å². The molecule has 0 aliphatic carbocycles. The van der Waals surface area contributed by atoms with Crippen LogP contribution in [0.5, 0.6) is 0 Å². The molecule has 6 heteroatoms. The van der Waals surface area contributed by atoms with Crippen molar-refractivity contribution in [3.05, 3.63) is 34.4 Å². The molecule has 0 saturated heterocycles. The predicted molar refractivity (Wildman–Crippen MR) is 69.6 cm³/mol. The van der Waals surface area contributed by atoms with Crippen molar-refractivity contribution < 1.29 is 8.81 Å². The van der Waals surface area contributed by atoms with Gasteiger partial charge in [-0.05, 0) is 54.1 Å². The van der Waals surface area contributed by atoms with Gasteiger partial charge < -0.3 is 9.73 Å². The van der Waals surface area contributed by atoms with Crippen LogP contribution in [-0.2, 0) is 6.42 Å². The minimum atomic E-state index is -0.330. The van der Waals surface area contributed by atoms with Crippen LogP contribution in [0.25, 0.3) is 11.5 Å². The van der Waals surface area contributed by atoms with Crippen molar-refractivity contribution in [2.45, 2.75) is 12.8 Å². The smallest absolute Gasteiger partial charge is 0.248 e. The van der Waals surface area contributed by atoms with Gasteiger partial charge in [-0.1, -0.05) is 0 Å². The molecule has 1 N–H and O–H groups in total. The average Bonchev–Trinajstić information content (AvgIpc) is 2.81. The van der Waals surface area contributed by atoms with Crippen LogP contribution in [0.1, 0.15) is 12.3 Å². The molecule has 0 aliphatic rings. The van der Waals surface area contributed by atoms with E-state index in [0.29, 0.717) is 23.8 Å². The number of benzene rings is 1. The summed E-state index contributed by atoms with van der Waals surface area (Å²) >= 11 is 3.34. The predicted octanol–water partition coefficient (Wildman–Crippen LogP) is 2.79. The highest BCUT2D eigenvalue weighted by Crippen LogP contribution is 2.27. The number of nitrogens with zero attached hydrogens (tertiary/aromatic N) is 2. The van der Waals surface area contributed by atoms with E-state index in [9.17, 15) is 4.39 Å². The molecule has 0 aliphatic heterocycles. The first-order valence-electron chi connectivity index (χ1n) is 5.63. The molecule has 0 unspecified atom stereocenters. The zero-order valence-electron chi connectivity index (χ0n) is 9.91. The molecule has 1 aromatic heterocycles. The Morgan fingerprint density at radius 1 is 1.39 bits per heavy atom. The molecule has 1 heterocycles. The SMILES string of the molecule is CNCCCc1nnc(-c2cc(F)ccc2Br)o1. The van der Waals surface area contributed by atoms with E-state index in [1.165, 1.54) is 12.1 Å². The Bertz CT molecular complexity index is 530. The summed E-state index contributed by atoms with van der Waals surface area (Å²) in [5.41, 5.74) is 0.572. The third kappa shape index (κ3) is 3.14. The molecule has 0 amide bonds. The third-order valence-electron chi connectivity index (χ3n) is 2.44. The van der Waals surface area contributed by atoms with Crippen molar-refractivity contribution in [2.24, 2.45) is 0 Å². The molecule has 1 aromatic carbocycles. The first-order valence-corrected chi connectivity index (χ1v) is 6.42. The van der Waals surface area contributed by atoms with Crippen LogP contribution in [0.15, 0.2) is 27.1 Å². The lowest BCUT2D eigenvalue weighted by molar-refractivity contribution is 0.494. The average molecular weight is 314 g/mol. The van der Waals surface area contributed by atoms with Crippen LogP contribution in [0.4, 0.5) is 4.39 Å². The van der Waals surface area contributed by atoms with Crippen LogP contribution in [0, 0.1) is 5.82 Å². The number of aromatic nitrogens is 2. The van der Waals surface area contributed by atoms with Gasteiger partial charge in [0, 0.05) is 10.9 Å². The fourth-order valence-electron chi connectivity index (χ4n) is 1.54. The van der Waals surface area contributed by atoms with Crippen LogP contribution in [-0.4, -0.2) is 23.8 Å². The highest BCUT2D eigenvalue weighted by Gasteiger charge is 2.12. The number of halogens is 2. The molecular weight excluding hydrogens is 301 g/mol. The van der Waals surface area contributed by atoms with E-state index in [1.54, 1.807) is 6.07 Å². The Morgan fingerprint density at radius 3 is 3.00 bits per heavy atom. The molecule has 0 radical (unpaired) electrons. The molecule has 96 valence electrons. The summed E-state index contributed by atoms with van der Waals surface area (Å²) in [6, 6.07) is 4.36. The van der Waals surface area contributed by atoms with E-state index >= 15 is 0 Å². The first kappa shape index (κ1) is 13.2. The van der Waals surface area contributed by atoms with Gasteiger partial charge in [0.1, 0.15) is 5.82 Å². The normalized spacial score (nSPS) is 10.8. The summed E-state index contributed by atoms with van der Waals surface area (Å²) < 4.78 is 19.4. The number of hydrogen-bond donors (Lipinski definition) is 1. The second-order valence-corrected chi connectivity index (χ2v) is 4.69. The molecule has 0 atom stereocenters. The minimum absolute atomic E-state index is 0.330. The van der Waals surface area contributed by atoms with E-state index in [4.69, 9.17) is 4.42 Å². The van der Waals surface area contributed by atoms with Gasteiger partial charge in [0.05, 0.1) is 5.56 Å². The van der Waals surface area contributed by atoms with Crippen LogP contribution < -0.4 is 5.32 Å². The van der Waals surface area contributed by atoms with E-state index in [2.05, 4.69) is 31.4 Å². The number of hydrogen-bond acceptors (Lipinski definition) is 4. The van der Waals surface area contributed by atoms with E-state index < -0.39 is 0 Å². The summed E-state index contributed by atoms with van der Waals surface area (Å²) in [6.07, 6.45) is 1.63. The molecule has 0 spiro atoms. The fraction of sp³-hybridized carbons (Fsp3) is 0.333. The molecule has 4 nitrogen and oxygen atoms in total. The van der Waals surface area contributed by atoms with Gasteiger partial charge in [-0.3, -0.25) is 0 Å². The molecule has 18 heavy (non-hydrogen) atoms. The Balaban J connectivity index is 2.16. The van der Waals surface area contributed by atoms with E-state index in [-0.39, 0.29) is 5.82 Å². The Labute approximate surface area is 113 Å². The minimum Gasteiger partial charge on any atom is -0.421 e. The zero-order chi connectivity index (χ0) is 13.0. The number of rotatable bonds is 5. The maximum absolute atomic E-state index is 13.2. The summed E-state index contributed by atoms with van der Waals surface area (Å²) in [4.78, 5) is 0. The molecule has 2 rings (SSSR count). The van der Waals surface area contributed by atoms with Crippen LogP contribution in [0.3, 0.4) is 0 Å². The summed E-state index contributed by atoms with van der Waals surface area (Å²) in [5, 5.41) is 10.9. The highest BCUT2D eigenvalue weighted by molar-refractivity contribution is 9.10. The highest BCUT2D eigenvalue weighted by atomic mass is 79.9. The van der Waals surface area contributed by atoms with Gasteiger partial charge >= 0.3 is 0 Å². The molecule has 0 bridgehead atoms. The summed E-state index contributed by atoms with van der Waals surface area (Å²) in [5.74, 6) is 0.570. The molecule has 0 fully saturated rings. The second-order valence-electron chi connectivity index (χ2n) is 3.83. The van der Waals surface area contributed by atoms with Gasteiger partial charge in [0.2, 0.25) is 11.8 Å². The number of nitrogens with one attached hydrogen (secondary N) is 1. The van der Waals surface area contributed by atoms with Crippen molar-refractivity contribution in [1.29, 1.82) is 0 Å². The quantitative estimate of drug-likeness (QED) is 0.862. The van der Waals surface area contributed by atoms with E-state index in [1.807, 2.05) is 7.05 Å². The Morgan fingerprint density at radius 2 is 2.22 bits per heavy atom. The van der Waals surface area contributed by atoms with Crippen molar-refractivity contribution >= 4 is 15.9 Å². The number of aryl methyl sites for hydroxylation is 1. The monoisotopic (exact) mass is 313 g/mol. The zero-order valence-corrected chi connectivity index (χ0v) is 11.5. The lowest BCUT2D eigenvalue weighted by Gasteiger charge is -1.99. The largest absolute Gasteiger partial charge is 0.421 e. The Hall–Kier alpha value is -1.27.